The molecule has 2 aliphatic carbocycles. The van der Waals surface area contributed by atoms with Crippen LogP contribution in [0.15, 0.2) is 0 Å². The molecule has 3 unspecified atom stereocenters. The Balaban J connectivity index is 0.00000147. The maximum atomic E-state index is 10.8. The van der Waals surface area contributed by atoms with Crippen LogP contribution in [0.5, 0.6) is 0 Å². The van der Waals surface area contributed by atoms with E-state index < -0.39 is 11.7 Å². The molecule has 2 saturated carbocycles. The summed E-state index contributed by atoms with van der Waals surface area (Å²) >= 11 is 0. The van der Waals surface area contributed by atoms with Gasteiger partial charge in [0.15, 0.2) is 0 Å². The fraction of sp³-hybridized carbons (Fsp3) is 1.00. The van der Waals surface area contributed by atoms with E-state index in [0.717, 1.165) is 12.8 Å². The Hall–Kier alpha value is -0.200. The normalized spacial score (nSPS) is 50.7. The highest BCUT2D eigenvalue weighted by molar-refractivity contribution is 5.14. The maximum absolute atomic E-state index is 10.8. The molecule has 7 atom stereocenters. The summed E-state index contributed by atoms with van der Waals surface area (Å²) in [5.41, 5.74) is -1.09. The van der Waals surface area contributed by atoms with E-state index in [4.69, 9.17) is 4.74 Å². The van der Waals surface area contributed by atoms with Crippen LogP contribution < -0.4 is 0 Å². The van der Waals surface area contributed by atoms with Crippen molar-refractivity contribution in [1.29, 1.82) is 0 Å². The molecule has 0 spiro atoms. The third-order valence-corrected chi connectivity index (χ3v) is 6.30. The summed E-state index contributed by atoms with van der Waals surface area (Å²) in [4.78, 5) is 0. The van der Waals surface area contributed by atoms with Crippen LogP contribution in [0.3, 0.4) is 0 Å². The van der Waals surface area contributed by atoms with Gasteiger partial charge in [0.1, 0.15) is 0 Å². The van der Waals surface area contributed by atoms with E-state index in [0.29, 0.717) is 18.4 Å². The van der Waals surface area contributed by atoms with E-state index in [1.54, 1.807) is 0 Å². The third-order valence-electron chi connectivity index (χ3n) is 6.30. The number of aliphatic hydroxyl groups is 3. The van der Waals surface area contributed by atoms with Gasteiger partial charge < -0.3 is 25.5 Å². The molecule has 1 saturated heterocycles. The quantitative estimate of drug-likeness (QED) is 0.663. The van der Waals surface area contributed by atoms with Crippen LogP contribution in [-0.4, -0.2) is 51.8 Å². The Morgan fingerprint density at radius 2 is 1.95 bits per heavy atom. The van der Waals surface area contributed by atoms with Crippen LogP contribution in [0.25, 0.3) is 0 Å². The number of ether oxygens (including phenoxy) is 1. The monoisotopic (exact) mass is 288 g/mol. The van der Waals surface area contributed by atoms with Gasteiger partial charge in [-0.1, -0.05) is 6.92 Å². The molecular weight excluding hydrogens is 260 g/mol. The second-order valence-corrected chi connectivity index (χ2v) is 7.52. The van der Waals surface area contributed by atoms with Gasteiger partial charge in [-0.2, -0.15) is 0 Å². The minimum atomic E-state index is -0.828. The fourth-order valence-electron chi connectivity index (χ4n) is 5.34. The highest BCUT2D eigenvalue weighted by Gasteiger charge is 2.66. The average Bonchev–Trinajstić information content (AvgIpc) is 2.86. The molecule has 2 bridgehead atoms. The van der Waals surface area contributed by atoms with Crippen molar-refractivity contribution in [2.45, 2.75) is 51.4 Å². The maximum Gasteiger partial charge on any atom is 0.0898 e. The minimum absolute atomic E-state index is 0. The predicted octanol–water partition coefficient (Wildman–Crippen LogP) is -0.0369. The highest BCUT2D eigenvalue weighted by atomic mass is 16.5. The van der Waals surface area contributed by atoms with Crippen molar-refractivity contribution in [3.8, 4) is 0 Å². The van der Waals surface area contributed by atoms with Crippen molar-refractivity contribution in [2.75, 3.05) is 13.2 Å². The number of rotatable bonds is 2. The molecule has 5 heteroatoms. The lowest BCUT2D eigenvalue weighted by Gasteiger charge is -2.52. The number of fused-ring (bicyclic) bond motifs is 4. The van der Waals surface area contributed by atoms with Crippen molar-refractivity contribution in [1.82, 2.24) is 0 Å². The number of hydrogen-bond donors (Lipinski definition) is 3. The fourth-order valence-corrected chi connectivity index (χ4v) is 5.34. The zero-order valence-electron chi connectivity index (χ0n) is 12.5. The van der Waals surface area contributed by atoms with Gasteiger partial charge in [-0.05, 0) is 44.4 Å². The summed E-state index contributed by atoms with van der Waals surface area (Å²) in [7, 11) is 0. The summed E-state index contributed by atoms with van der Waals surface area (Å²) in [5, 5.41) is 30.8. The van der Waals surface area contributed by atoms with Crippen molar-refractivity contribution in [2.24, 2.45) is 29.1 Å². The van der Waals surface area contributed by atoms with E-state index in [2.05, 4.69) is 6.92 Å². The molecule has 3 aliphatic rings. The van der Waals surface area contributed by atoms with Crippen LogP contribution >= 0.6 is 0 Å². The molecule has 1 heterocycles. The summed E-state index contributed by atoms with van der Waals surface area (Å²) in [6.07, 6.45) is 1.11. The Morgan fingerprint density at radius 1 is 1.30 bits per heavy atom. The summed E-state index contributed by atoms with van der Waals surface area (Å²) in [6, 6.07) is 0. The zero-order valence-corrected chi connectivity index (χ0v) is 12.5. The van der Waals surface area contributed by atoms with E-state index in [-0.39, 0.29) is 35.4 Å². The van der Waals surface area contributed by atoms with Crippen LogP contribution in [0.1, 0.15) is 33.6 Å². The molecular formula is C15H28O5. The molecule has 0 aromatic carbocycles. The van der Waals surface area contributed by atoms with E-state index in [1.165, 1.54) is 0 Å². The molecule has 3 fully saturated rings. The molecule has 1 aliphatic heterocycles. The summed E-state index contributed by atoms with van der Waals surface area (Å²) in [5.74, 6) is 0.796. The van der Waals surface area contributed by atoms with Gasteiger partial charge in [0.25, 0.3) is 0 Å². The van der Waals surface area contributed by atoms with E-state index >= 15 is 0 Å². The summed E-state index contributed by atoms with van der Waals surface area (Å²) < 4.78 is 5.83. The molecule has 0 radical (unpaired) electrons. The standard InChI is InChI=1S/C15H26O4.H2O/c1-14(2,18)11-9-7-19-12(11)13(17)15(3)8(6-16)4-5-10(9)15;/h8-13,16-18H,4-7H2,1-3H3;1H2/t8-,9?,10?,11-,12?,13+,15-;/m0./s1. The van der Waals surface area contributed by atoms with Crippen molar-refractivity contribution in [3.05, 3.63) is 0 Å². The lowest BCUT2D eigenvalue weighted by Crippen LogP contribution is -2.60. The molecule has 20 heavy (non-hydrogen) atoms. The van der Waals surface area contributed by atoms with Gasteiger partial charge in [-0.3, -0.25) is 0 Å². The van der Waals surface area contributed by atoms with Crippen LogP contribution in [0, 0.1) is 29.1 Å². The van der Waals surface area contributed by atoms with Crippen molar-refractivity contribution in [3.63, 3.8) is 0 Å². The Kier molecular flexibility index (Phi) is 3.98. The highest BCUT2D eigenvalue weighted by Crippen LogP contribution is 2.62. The molecule has 3 rings (SSSR count). The smallest absolute Gasteiger partial charge is 0.0898 e. The van der Waals surface area contributed by atoms with Crippen LogP contribution in [-0.2, 0) is 4.74 Å². The molecule has 5 nitrogen and oxygen atoms in total. The first kappa shape index (κ1) is 16.2. The van der Waals surface area contributed by atoms with Gasteiger partial charge in [0.2, 0.25) is 0 Å². The topological polar surface area (TPSA) is 101 Å². The SMILES string of the molecule is CC(C)(O)[C@H]1C2COC1[C@@H](O)[C@]1(C)C2CC[C@H]1CO.O. The van der Waals surface area contributed by atoms with Gasteiger partial charge in [0, 0.05) is 17.9 Å². The zero-order chi connectivity index (χ0) is 14.0. The second kappa shape index (κ2) is 4.92. The van der Waals surface area contributed by atoms with Crippen LogP contribution in [0.4, 0.5) is 0 Å². The van der Waals surface area contributed by atoms with Gasteiger partial charge in [-0.15, -0.1) is 0 Å². The second-order valence-electron chi connectivity index (χ2n) is 7.52. The minimum Gasteiger partial charge on any atom is -0.412 e. The molecule has 0 amide bonds. The first-order valence-corrected chi connectivity index (χ1v) is 7.44. The Morgan fingerprint density at radius 3 is 2.50 bits per heavy atom. The Labute approximate surface area is 120 Å². The predicted molar refractivity (Wildman–Crippen MR) is 74.0 cm³/mol. The van der Waals surface area contributed by atoms with Crippen molar-refractivity contribution < 1.29 is 25.5 Å². The Bertz CT molecular complexity index is 366. The van der Waals surface area contributed by atoms with E-state index in [1.807, 2.05) is 13.8 Å². The van der Waals surface area contributed by atoms with Crippen LogP contribution in [0.2, 0.25) is 0 Å². The molecule has 118 valence electrons. The lowest BCUT2D eigenvalue weighted by molar-refractivity contribution is -0.168. The van der Waals surface area contributed by atoms with Gasteiger partial charge >= 0.3 is 0 Å². The third kappa shape index (κ3) is 1.87. The number of hydrogen-bond acceptors (Lipinski definition) is 4. The largest absolute Gasteiger partial charge is 0.412 e. The molecule has 0 aromatic heterocycles. The average molecular weight is 288 g/mol. The first-order chi connectivity index (χ1) is 8.81. The van der Waals surface area contributed by atoms with Gasteiger partial charge in [-0.25, -0.2) is 0 Å². The van der Waals surface area contributed by atoms with Crippen molar-refractivity contribution >= 4 is 0 Å². The molecule has 5 N–H and O–H groups in total. The lowest BCUT2D eigenvalue weighted by atomic mass is 9.54. The summed E-state index contributed by atoms with van der Waals surface area (Å²) in [6.45, 7) is 6.51. The first-order valence-electron chi connectivity index (χ1n) is 7.44. The molecule has 0 aromatic rings. The number of aliphatic hydroxyl groups excluding tert-OH is 2. The van der Waals surface area contributed by atoms with Gasteiger partial charge in [0.05, 0.1) is 24.4 Å². The van der Waals surface area contributed by atoms with E-state index in [9.17, 15) is 15.3 Å².